The second-order valence-corrected chi connectivity index (χ2v) is 11.0. The van der Waals surface area contributed by atoms with E-state index in [0.29, 0.717) is 17.1 Å². The Balaban J connectivity index is 1.55. The van der Waals surface area contributed by atoms with Gasteiger partial charge in [0, 0.05) is 6.04 Å². The maximum atomic E-state index is 10.7. The summed E-state index contributed by atoms with van der Waals surface area (Å²) < 4.78 is 12.9. The van der Waals surface area contributed by atoms with E-state index in [1.165, 1.54) is 17.5 Å². The monoisotopic (exact) mass is 518 g/mol. The molecule has 1 saturated carbocycles. The number of fused-ring (bicyclic) bond motifs is 1. The number of ether oxygens (including phenoxy) is 2. The van der Waals surface area contributed by atoms with Crippen LogP contribution in [0.15, 0.2) is 12.3 Å². The number of hydrogen-bond acceptors (Lipinski definition) is 10. The Bertz CT molecular complexity index is 979. The zero-order valence-electron chi connectivity index (χ0n) is 19.1. The van der Waals surface area contributed by atoms with Crippen molar-refractivity contribution in [1.29, 1.82) is 0 Å². The van der Waals surface area contributed by atoms with Gasteiger partial charge in [-0.3, -0.25) is 0 Å². The van der Waals surface area contributed by atoms with Crippen LogP contribution in [-0.2, 0) is 9.47 Å². The molecular weight excluding hydrogens is 487 g/mol. The number of pyridine rings is 1. The predicted octanol–water partition coefficient (Wildman–Crippen LogP) is 1.72. The van der Waals surface area contributed by atoms with Crippen LogP contribution >= 0.6 is 20.0 Å². The standard InChI is InChI=1S/C21H32ClN4O7P/c1-11(2)21(10-27,34(30)31)32-9-15-17(28)18(29)20(33-15)26-19-13(8-23-26)14(7-16(22)25-19)24-12-5-3-4-6-12/h7-8,11-12,15,17-18,20,27-31H,3-6,9-10H2,1-2H3,(H,24,25)/t15-,17-,18-,20-,21-/m1/s1. The number of nitrogens with one attached hydrogen (secondary N) is 1. The van der Waals surface area contributed by atoms with Crippen molar-refractivity contribution < 1.29 is 34.6 Å². The molecule has 190 valence electrons. The number of aliphatic hydroxyl groups is 3. The molecule has 13 heteroatoms. The van der Waals surface area contributed by atoms with Gasteiger partial charge in [0.15, 0.2) is 17.2 Å². The molecule has 0 spiro atoms. The van der Waals surface area contributed by atoms with Crippen molar-refractivity contribution in [3.05, 3.63) is 17.4 Å². The number of rotatable bonds is 9. The van der Waals surface area contributed by atoms with Gasteiger partial charge in [0.05, 0.1) is 30.5 Å². The van der Waals surface area contributed by atoms with Gasteiger partial charge in [-0.05, 0) is 24.8 Å². The van der Waals surface area contributed by atoms with E-state index in [9.17, 15) is 25.1 Å². The summed E-state index contributed by atoms with van der Waals surface area (Å²) >= 11 is 6.28. The van der Waals surface area contributed by atoms with Crippen LogP contribution in [0.1, 0.15) is 45.8 Å². The molecule has 1 aliphatic heterocycles. The van der Waals surface area contributed by atoms with Gasteiger partial charge in [0.2, 0.25) is 8.38 Å². The van der Waals surface area contributed by atoms with Crippen molar-refractivity contribution in [1.82, 2.24) is 14.8 Å². The van der Waals surface area contributed by atoms with Gasteiger partial charge in [-0.1, -0.05) is 38.3 Å². The molecule has 0 aromatic carbocycles. The molecular formula is C21H32ClN4O7P. The molecule has 11 nitrogen and oxygen atoms in total. The number of nitrogens with zero attached hydrogens (tertiary/aromatic N) is 3. The van der Waals surface area contributed by atoms with E-state index in [2.05, 4.69) is 15.4 Å². The van der Waals surface area contributed by atoms with Crippen LogP contribution in [0.5, 0.6) is 0 Å². The summed E-state index contributed by atoms with van der Waals surface area (Å²) in [6.45, 7) is 2.46. The Hall–Kier alpha value is -1.14. The van der Waals surface area contributed by atoms with Crippen LogP contribution < -0.4 is 5.32 Å². The molecule has 0 unspecified atom stereocenters. The van der Waals surface area contributed by atoms with Gasteiger partial charge in [0.1, 0.15) is 23.5 Å². The van der Waals surface area contributed by atoms with Crippen molar-refractivity contribution in [3.8, 4) is 0 Å². The lowest BCUT2D eigenvalue weighted by molar-refractivity contribution is -0.119. The summed E-state index contributed by atoms with van der Waals surface area (Å²) in [7, 11) is -2.64. The molecule has 4 rings (SSSR count). The lowest BCUT2D eigenvalue weighted by Gasteiger charge is -2.37. The molecule has 0 radical (unpaired) electrons. The first-order valence-corrected chi connectivity index (χ1v) is 13.0. The third-order valence-corrected chi connectivity index (χ3v) is 8.45. The second-order valence-electron chi connectivity index (χ2n) is 9.25. The van der Waals surface area contributed by atoms with Crippen LogP contribution in [0.25, 0.3) is 11.0 Å². The molecule has 1 aliphatic carbocycles. The predicted molar refractivity (Wildman–Crippen MR) is 126 cm³/mol. The van der Waals surface area contributed by atoms with E-state index in [0.717, 1.165) is 18.5 Å². The molecule has 2 aromatic rings. The number of aromatic nitrogens is 3. The molecule has 2 fully saturated rings. The van der Waals surface area contributed by atoms with Gasteiger partial charge in [-0.15, -0.1) is 0 Å². The van der Waals surface area contributed by atoms with Crippen molar-refractivity contribution in [3.63, 3.8) is 0 Å². The first kappa shape index (κ1) is 25.9. The van der Waals surface area contributed by atoms with Crippen LogP contribution in [0.2, 0.25) is 5.15 Å². The van der Waals surface area contributed by atoms with Crippen molar-refractivity contribution >= 4 is 36.7 Å². The first-order chi connectivity index (χ1) is 16.2. The van der Waals surface area contributed by atoms with E-state index < -0.39 is 50.8 Å². The zero-order chi connectivity index (χ0) is 24.6. The van der Waals surface area contributed by atoms with E-state index in [4.69, 9.17) is 21.1 Å². The molecule has 6 N–H and O–H groups in total. The zero-order valence-corrected chi connectivity index (χ0v) is 20.7. The third kappa shape index (κ3) is 4.78. The van der Waals surface area contributed by atoms with Crippen LogP contribution in [-0.4, -0.2) is 82.8 Å². The van der Waals surface area contributed by atoms with Gasteiger partial charge in [-0.25, -0.2) is 9.67 Å². The average Bonchev–Trinajstić information content (AvgIpc) is 3.50. The Kier molecular flexibility index (Phi) is 7.98. The maximum absolute atomic E-state index is 10.7. The van der Waals surface area contributed by atoms with Crippen molar-refractivity contribution in [2.24, 2.45) is 5.92 Å². The minimum absolute atomic E-state index is 0.256. The Labute approximate surface area is 203 Å². The second kappa shape index (κ2) is 10.5. The SMILES string of the molecule is CC(C)[C@](CO)(OC[C@H]1O[C@@H](n2ncc3c(NC4CCCC4)cc(Cl)nc32)[C@H](O)[C@@H]1O)P(O)O. The van der Waals surface area contributed by atoms with Gasteiger partial charge in [-0.2, -0.15) is 5.10 Å². The molecule has 0 bridgehead atoms. The van der Waals surface area contributed by atoms with Crippen LogP contribution in [0.3, 0.4) is 0 Å². The fourth-order valence-electron chi connectivity index (χ4n) is 4.63. The van der Waals surface area contributed by atoms with E-state index >= 15 is 0 Å². The normalized spacial score (nSPS) is 27.8. The number of halogens is 1. The molecule has 2 aromatic heterocycles. The lowest BCUT2D eigenvalue weighted by Crippen LogP contribution is -2.44. The first-order valence-electron chi connectivity index (χ1n) is 11.4. The highest BCUT2D eigenvalue weighted by Crippen LogP contribution is 2.48. The minimum Gasteiger partial charge on any atom is -0.393 e. The molecule has 5 atom stereocenters. The maximum Gasteiger partial charge on any atom is 0.202 e. The topological polar surface area (TPSA) is 162 Å². The summed E-state index contributed by atoms with van der Waals surface area (Å²) in [5, 5.41) is 38.3. The number of aliphatic hydroxyl groups excluding tert-OH is 3. The van der Waals surface area contributed by atoms with Crippen molar-refractivity contribution in [2.75, 3.05) is 18.5 Å². The lowest BCUT2D eigenvalue weighted by atomic mass is 10.1. The molecule has 3 heterocycles. The summed E-state index contributed by atoms with van der Waals surface area (Å²) in [4.78, 5) is 24.1. The van der Waals surface area contributed by atoms with Gasteiger partial charge >= 0.3 is 0 Å². The summed E-state index contributed by atoms with van der Waals surface area (Å²) in [5.41, 5.74) is 1.19. The summed E-state index contributed by atoms with van der Waals surface area (Å²) in [6.07, 6.45) is 1.34. The molecule has 0 amide bonds. The quantitative estimate of drug-likeness (QED) is 0.213. The van der Waals surface area contributed by atoms with Gasteiger partial charge < -0.3 is 39.9 Å². The summed E-state index contributed by atoms with van der Waals surface area (Å²) in [5.74, 6) is -0.426. The highest BCUT2D eigenvalue weighted by molar-refractivity contribution is 7.46. The molecule has 1 saturated heterocycles. The van der Waals surface area contributed by atoms with E-state index in [1.54, 1.807) is 26.1 Å². The molecule has 34 heavy (non-hydrogen) atoms. The number of hydrogen-bond donors (Lipinski definition) is 6. The Morgan fingerprint density at radius 2 is 2.00 bits per heavy atom. The van der Waals surface area contributed by atoms with E-state index in [1.807, 2.05) is 0 Å². The minimum atomic E-state index is -2.64. The Morgan fingerprint density at radius 3 is 2.62 bits per heavy atom. The largest absolute Gasteiger partial charge is 0.393 e. The van der Waals surface area contributed by atoms with Crippen molar-refractivity contribution in [2.45, 2.75) is 75.5 Å². The third-order valence-electron chi connectivity index (χ3n) is 6.79. The smallest absolute Gasteiger partial charge is 0.202 e. The number of anilines is 1. The highest BCUT2D eigenvalue weighted by atomic mass is 35.5. The molecule has 2 aliphatic rings. The highest BCUT2D eigenvalue weighted by Gasteiger charge is 2.48. The Morgan fingerprint density at radius 1 is 1.29 bits per heavy atom. The fourth-order valence-corrected chi connectivity index (χ4v) is 5.59. The van der Waals surface area contributed by atoms with Crippen LogP contribution in [0, 0.1) is 5.92 Å². The fraction of sp³-hybridized carbons (Fsp3) is 0.714. The van der Waals surface area contributed by atoms with E-state index in [-0.39, 0.29) is 11.8 Å². The van der Waals surface area contributed by atoms with Crippen LogP contribution in [0.4, 0.5) is 5.69 Å². The summed E-state index contributed by atoms with van der Waals surface area (Å²) in [6, 6.07) is 2.09. The van der Waals surface area contributed by atoms with Gasteiger partial charge in [0.25, 0.3) is 0 Å². The average molecular weight is 519 g/mol.